The number of hydrogen-bond acceptors (Lipinski definition) is 4. The van der Waals surface area contributed by atoms with E-state index in [0.29, 0.717) is 5.82 Å². The third-order valence-corrected chi connectivity index (χ3v) is 2.19. The van der Waals surface area contributed by atoms with Crippen LogP contribution in [0, 0.1) is 5.95 Å². The minimum absolute atomic E-state index is 0.362. The summed E-state index contributed by atoms with van der Waals surface area (Å²) in [6.07, 6.45) is 1.15. The maximum Gasteiger partial charge on any atom is 0.218 e. The molecule has 0 amide bonds. The maximum atomic E-state index is 12.9. The molecule has 0 saturated carbocycles. The molecule has 2 aromatic heterocycles. The minimum Gasteiger partial charge on any atom is -0.217 e. The van der Waals surface area contributed by atoms with Gasteiger partial charge in [0.2, 0.25) is 5.95 Å². The third-order valence-electron chi connectivity index (χ3n) is 2.19. The highest BCUT2D eigenvalue weighted by Gasteiger charge is 2.07. The lowest BCUT2D eigenvalue weighted by Gasteiger charge is -1.99. The molecule has 0 aliphatic rings. The molecule has 0 saturated heterocycles. The number of benzene rings is 1. The van der Waals surface area contributed by atoms with Crippen LogP contribution in [-0.4, -0.2) is 25.0 Å². The van der Waals surface area contributed by atoms with Crippen LogP contribution in [0.5, 0.6) is 0 Å². The second kappa shape index (κ2) is 3.34. The average Bonchev–Trinajstić information content (AvgIpc) is 2.72. The van der Waals surface area contributed by atoms with Crippen molar-refractivity contribution in [3.8, 4) is 5.82 Å². The number of nitrogens with zero attached hydrogens (tertiary/aromatic N) is 5. The number of para-hydroxylation sites is 1. The first-order valence-electron chi connectivity index (χ1n) is 4.63. The van der Waals surface area contributed by atoms with Crippen LogP contribution >= 0.6 is 0 Å². The topological polar surface area (TPSA) is 56.5 Å². The van der Waals surface area contributed by atoms with E-state index in [1.807, 2.05) is 24.3 Å². The van der Waals surface area contributed by atoms with Crippen molar-refractivity contribution in [3.63, 3.8) is 0 Å². The average molecular weight is 215 g/mol. The van der Waals surface area contributed by atoms with Gasteiger partial charge in [0, 0.05) is 6.07 Å². The summed E-state index contributed by atoms with van der Waals surface area (Å²) >= 11 is 0. The summed E-state index contributed by atoms with van der Waals surface area (Å²) in [5, 5.41) is 7.87. The van der Waals surface area contributed by atoms with Gasteiger partial charge in [-0.1, -0.05) is 17.3 Å². The van der Waals surface area contributed by atoms with Gasteiger partial charge in [-0.2, -0.15) is 9.07 Å². The molecule has 0 atom stereocenters. The molecule has 0 aliphatic heterocycles. The third kappa shape index (κ3) is 1.31. The number of aromatic nitrogens is 5. The first-order valence-corrected chi connectivity index (χ1v) is 4.63. The largest absolute Gasteiger partial charge is 0.218 e. The van der Waals surface area contributed by atoms with Crippen molar-refractivity contribution >= 4 is 11.0 Å². The van der Waals surface area contributed by atoms with Crippen molar-refractivity contribution in [1.82, 2.24) is 25.0 Å². The second-order valence-corrected chi connectivity index (χ2v) is 3.19. The van der Waals surface area contributed by atoms with Gasteiger partial charge < -0.3 is 0 Å². The summed E-state index contributed by atoms with van der Waals surface area (Å²) in [5.41, 5.74) is 1.52. The number of rotatable bonds is 1. The molecule has 0 aliphatic carbocycles. The molecule has 0 spiro atoms. The lowest BCUT2D eigenvalue weighted by atomic mass is 10.3. The first kappa shape index (κ1) is 8.90. The fourth-order valence-corrected chi connectivity index (χ4v) is 1.48. The smallest absolute Gasteiger partial charge is 0.217 e. The molecule has 3 aromatic rings. The fourth-order valence-electron chi connectivity index (χ4n) is 1.48. The molecule has 0 bridgehead atoms. The van der Waals surface area contributed by atoms with Gasteiger partial charge in [0.25, 0.3) is 0 Å². The Hall–Kier alpha value is -2.37. The van der Waals surface area contributed by atoms with Crippen LogP contribution in [0.3, 0.4) is 0 Å². The first-order chi connectivity index (χ1) is 7.84. The van der Waals surface area contributed by atoms with Gasteiger partial charge in [-0.15, -0.1) is 5.10 Å². The van der Waals surface area contributed by atoms with Gasteiger partial charge in [0.1, 0.15) is 11.8 Å². The molecular weight excluding hydrogens is 209 g/mol. The predicted octanol–water partition coefficient (Wildman–Crippen LogP) is 1.35. The predicted molar refractivity (Wildman–Crippen MR) is 54.4 cm³/mol. The van der Waals surface area contributed by atoms with Crippen molar-refractivity contribution in [2.45, 2.75) is 0 Å². The Bertz CT molecular complexity index is 648. The Labute approximate surface area is 89.6 Å². The monoisotopic (exact) mass is 215 g/mol. The van der Waals surface area contributed by atoms with E-state index < -0.39 is 5.95 Å². The summed E-state index contributed by atoms with van der Waals surface area (Å²) in [4.78, 5) is 7.33. The van der Waals surface area contributed by atoms with Gasteiger partial charge in [-0.3, -0.25) is 0 Å². The van der Waals surface area contributed by atoms with Crippen LogP contribution in [0.25, 0.3) is 16.9 Å². The van der Waals surface area contributed by atoms with Crippen LogP contribution in [0.1, 0.15) is 0 Å². The zero-order valence-electron chi connectivity index (χ0n) is 8.08. The molecule has 2 heterocycles. The van der Waals surface area contributed by atoms with E-state index in [2.05, 4.69) is 20.3 Å². The lowest BCUT2D eigenvalue weighted by Crippen LogP contribution is -2.01. The lowest BCUT2D eigenvalue weighted by molar-refractivity contribution is 0.575. The van der Waals surface area contributed by atoms with E-state index in [-0.39, 0.29) is 0 Å². The van der Waals surface area contributed by atoms with E-state index in [0.717, 1.165) is 17.4 Å². The Balaban J connectivity index is 2.26. The quantitative estimate of drug-likeness (QED) is 0.575. The fraction of sp³-hybridized carbons (Fsp3) is 0. The molecule has 3 rings (SSSR count). The minimum atomic E-state index is -0.593. The standard InChI is InChI=1S/C10H6FN5/c11-9-5-10(13-6-12-9)16-8-4-2-1-3-7(8)14-15-16/h1-6H. The van der Waals surface area contributed by atoms with Gasteiger partial charge in [-0.05, 0) is 12.1 Å². The summed E-state index contributed by atoms with van der Waals surface area (Å²) in [5.74, 6) is -0.231. The normalized spacial score (nSPS) is 10.8. The van der Waals surface area contributed by atoms with Crippen LogP contribution in [0.2, 0.25) is 0 Å². The van der Waals surface area contributed by atoms with Crippen LogP contribution in [-0.2, 0) is 0 Å². The molecular formula is C10H6FN5. The van der Waals surface area contributed by atoms with E-state index in [4.69, 9.17) is 0 Å². The van der Waals surface area contributed by atoms with Crippen LogP contribution in [0.15, 0.2) is 36.7 Å². The zero-order chi connectivity index (χ0) is 11.0. The highest BCUT2D eigenvalue weighted by atomic mass is 19.1. The van der Waals surface area contributed by atoms with Crippen molar-refractivity contribution in [1.29, 1.82) is 0 Å². The summed E-state index contributed by atoms with van der Waals surface area (Å²) < 4.78 is 14.4. The van der Waals surface area contributed by atoms with Gasteiger partial charge in [0.15, 0.2) is 5.82 Å². The molecule has 16 heavy (non-hydrogen) atoms. The number of fused-ring (bicyclic) bond motifs is 1. The molecule has 0 fully saturated rings. The molecule has 0 N–H and O–H groups in total. The zero-order valence-corrected chi connectivity index (χ0v) is 8.08. The Kier molecular flexibility index (Phi) is 1.86. The van der Waals surface area contributed by atoms with Crippen molar-refractivity contribution in [2.24, 2.45) is 0 Å². The molecule has 6 heteroatoms. The van der Waals surface area contributed by atoms with E-state index in [9.17, 15) is 4.39 Å². The van der Waals surface area contributed by atoms with Gasteiger partial charge >= 0.3 is 0 Å². The highest BCUT2D eigenvalue weighted by Crippen LogP contribution is 2.13. The molecule has 1 aromatic carbocycles. The van der Waals surface area contributed by atoms with Crippen molar-refractivity contribution < 1.29 is 4.39 Å². The van der Waals surface area contributed by atoms with Crippen molar-refractivity contribution in [3.05, 3.63) is 42.6 Å². The Morgan fingerprint density at radius 2 is 2.00 bits per heavy atom. The Morgan fingerprint density at radius 1 is 1.12 bits per heavy atom. The van der Waals surface area contributed by atoms with E-state index >= 15 is 0 Å². The number of hydrogen-bond donors (Lipinski definition) is 0. The summed E-state index contributed by atoms with van der Waals surface area (Å²) in [6, 6.07) is 8.61. The number of halogens is 1. The second-order valence-electron chi connectivity index (χ2n) is 3.19. The SMILES string of the molecule is Fc1cc(-n2nnc3ccccc32)ncn1. The van der Waals surface area contributed by atoms with Crippen LogP contribution < -0.4 is 0 Å². The summed E-state index contributed by atoms with van der Waals surface area (Å²) in [7, 11) is 0. The molecule has 0 unspecified atom stereocenters. The molecule has 5 nitrogen and oxygen atoms in total. The van der Waals surface area contributed by atoms with Gasteiger partial charge in [0.05, 0.1) is 5.52 Å². The van der Waals surface area contributed by atoms with Crippen molar-refractivity contribution in [2.75, 3.05) is 0 Å². The van der Waals surface area contributed by atoms with E-state index in [1.54, 1.807) is 0 Å². The van der Waals surface area contributed by atoms with E-state index in [1.165, 1.54) is 10.7 Å². The molecule has 0 radical (unpaired) electrons. The van der Waals surface area contributed by atoms with Gasteiger partial charge in [-0.25, -0.2) is 9.97 Å². The van der Waals surface area contributed by atoms with Crippen LogP contribution in [0.4, 0.5) is 4.39 Å². The Morgan fingerprint density at radius 3 is 2.88 bits per heavy atom. The molecule has 78 valence electrons. The maximum absolute atomic E-state index is 12.9. The highest BCUT2D eigenvalue weighted by molar-refractivity contribution is 5.75. The summed E-state index contributed by atoms with van der Waals surface area (Å²) in [6.45, 7) is 0.